The Balaban J connectivity index is 2.46. The lowest BCUT2D eigenvalue weighted by Crippen LogP contribution is -2.41. The van der Waals surface area contributed by atoms with E-state index in [2.05, 4.69) is 0 Å². The highest BCUT2D eigenvalue weighted by Gasteiger charge is 2.35. The maximum atomic E-state index is 14.5. The second-order valence-corrected chi connectivity index (χ2v) is 5.75. The number of nitrogens with zero attached hydrogens (tertiary/aromatic N) is 2. The number of hydrogen-bond donors (Lipinski definition) is 1. The Labute approximate surface area is 146 Å². The molecule has 1 aromatic carbocycles. The van der Waals surface area contributed by atoms with Gasteiger partial charge in [-0.05, 0) is 12.1 Å². The van der Waals surface area contributed by atoms with E-state index in [0.29, 0.717) is 0 Å². The number of rotatable bonds is 2. The predicted molar refractivity (Wildman–Crippen MR) is 82.9 cm³/mol. The van der Waals surface area contributed by atoms with Crippen molar-refractivity contribution >= 4 is 22.6 Å². The fourth-order valence-electron chi connectivity index (χ4n) is 2.55. The summed E-state index contributed by atoms with van der Waals surface area (Å²) in [6, 6.07) is 2.23. The molecule has 11 heteroatoms. The molecule has 0 saturated heterocycles. The Kier molecular flexibility index (Phi) is 4.20. The van der Waals surface area contributed by atoms with Gasteiger partial charge in [-0.2, -0.15) is 13.2 Å². The van der Waals surface area contributed by atoms with Crippen molar-refractivity contribution in [3.63, 3.8) is 0 Å². The van der Waals surface area contributed by atoms with Gasteiger partial charge < -0.3 is 9.52 Å². The molecule has 26 heavy (non-hydrogen) atoms. The van der Waals surface area contributed by atoms with Crippen molar-refractivity contribution in [2.75, 3.05) is 0 Å². The second-order valence-electron chi connectivity index (χ2n) is 5.35. The normalized spacial score (nSPS) is 12.1. The molecule has 0 bridgehead atoms. The van der Waals surface area contributed by atoms with E-state index in [-0.39, 0.29) is 37.0 Å². The molecule has 0 aliphatic rings. The molecule has 0 spiro atoms. The van der Waals surface area contributed by atoms with Gasteiger partial charge in [-0.1, -0.05) is 11.6 Å². The van der Waals surface area contributed by atoms with Crippen LogP contribution in [0.15, 0.2) is 32.2 Å². The summed E-state index contributed by atoms with van der Waals surface area (Å²) in [6.45, 7) is -0.577. The van der Waals surface area contributed by atoms with Crippen LogP contribution in [0.3, 0.4) is 0 Å². The van der Waals surface area contributed by atoms with Crippen LogP contribution in [0.25, 0.3) is 16.7 Å². The van der Waals surface area contributed by atoms with Gasteiger partial charge in [-0.15, -0.1) is 0 Å². The van der Waals surface area contributed by atoms with E-state index in [0.717, 1.165) is 13.1 Å². The van der Waals surface area contributed by atoms with Crippen molar-refractivity contribution in [2.45, 2.75) is 12.8 Å². The lowest BCUT2D eigenvalue weighted by Gasteiger charge is -2.14. The lowest BCUT2D eigenvalue weighted by atomic mass is 10.2. The van der Waals surface area contributed by atoms with E-state index >= 15 is 0 Å². The smallest absolute Gasteiger partial charge is 0.431 e. The van der Waals surface area contributed by atoms with Crippen LogP contribution in [0, 0.1) is 5.82 Å². The van der Waals surface area contributed by atoms with Crippen LogP contribution in [0.5, 0.6) is 0 Å². The zero-order valence-corrected chi connectivity index (χ0v) is 13.7. The van der Waals surface area contributed by atoms with Crippen molar-refractivity contribution in [1.82, 2.24) is 9.13 Å². The maximum Gasteiger partial charge on any atom is 0.431 e. The molecule has 138 valence electrons. The third-order valence-electron chi connectivity index (χ3n) is 3.73. The van der Waals surface area contributed by atoms with E-state index in [1.807, 2.05) is 0 Å². The van der Waals surface area contributed by atoms with Crippen molar-refractivity contribution in [3.05, 3.63) is 61.3 Å². The van der Waals surface area contributed by atoms with Crippen molar-refractivity contribution in [1.29, 1.82) is 0 Å². The molecule has 0 unspecified atom stereocenters. The molecule has 0 fully saturated rings. The number of furan rings is 1. The summed E-state index contributed by atoms with van der Waals surface area (Å²) in [7, 11) is 0.799. The monoisotopic (exact) mass is 392 g/mol. The highest BCUT2D eigenvalue weighted by Crippen LogP contribution is 2.33. The van der Waals surface area contributed by atoms with Gasteiger partial charge in [-0.3, -0.25) is 9.36 Å². The molecule has 3 aromatic rings. The molecule has 0 amide bonds. The fourth-order valence-corrected chi connectivity index (χ4v) is 2.79. The van der Waals surface area contributed by atoms with Crippen LogP contribution >= 0.6 is 11.6 Å². The van der Waals surface area contributed by atoms with Gasteiger partial charge in [0.15, 0.2) is 11.4 Å². The zero-order valence-electron chi connectivity index (χ0n) is 12.9. The van der Waals surface area contributed by atoms with Gasteiger partial charge in [0.2, 0.25) is 0 Å². The Morgan fingerprint density at radius 1 is 1.23 bits per heavy atom. The summed E-state index contributed by atoms with van der Waals surface area (Å²) >= 11 is 5.89. The number of benzene rings is 1. The molecule has 3 rings (SSSR count). The average molecular weight is 393 g/mol. The molecule has 1 N–H and O–H groups in total. The number of fused-ring (bicyclic) bond motifs is 1. The average Bonchev–Trinajstić information content (AvgIpc) is 2.97. The molecular weight excluding hydrogens is 384 g/mol. The van der Waals surface area contributed by atoms with Crippen LogP contribution in [0.2, 0.25) is 5.02 Å². The van der Waals surface area contributed by atoms with E-state index in [4.69, 9.17) is 21.1 Å². The molecule has 2 heterocycles. The highest BCUT2D eigenvalue weighted by molar-refractivity contribution is 6.35. The molecule has 0 saturated carbocycles. The van der Waals surface area contributed by atoms with Gasteiger partial charge in [0, 0.05) is 18.5 Å². The Morgan fingerprint density at radius 3 is 2.46 bits per heavy atom. The number of halogens is 5. The van der Waals surface area contributed by atoms with Gasteiger partial charge >= 0.3 is 11.9 Å². The lowest BCUT2D eigenvalue weighted by molar-refractivity contribution is -0.144. The maximum absolute atomic E-state index is 14.5. The predicted octanol–water partition coefficient (Wildman–Crippen LogP) is 2.59. The molecule has 2 aromatic heterocycles. The van der Waals surface area contributed by atoms with E-state index in [9.17, 15) is 27.2 Å². The summed E-state index contributed by atoms with van der Waals surface area (Å²) in [5, 5.41) is 9.11. The number of aromatic nitrogens is 2. The van der Waals surface area contributed by atoms with Gasteiger partial charge in [0.1, 0.15) is 23.7 Å². The van der Waals surface area contributed by atoms with Crippen LogP contribution in [0.1, 0.15) is 11.5 Å². The SMILES string of the molecule is Cn1c(C(F)(F)F)cc(=O)n(-c2c(F)cc(Cl)c3cc(CO)oc23)c1=O. The van der Waals surface area contributed by atoms with E-state index in [1.165, 1.54) is 6.07 Å². The Hall–Kier alpha value is -2.59. The summed E-state index contributed by atoms with van der Waals surface area (Å²) in [5.74, 6) is -1.19. The standard InChI is InChI=1S/C15H9ClF4N2O4/c1-21-10(15(18,19)20)4-11(24)22(14(21)25)12-9(17)3-8(16)7-2-6(5-23)26-13(7)12/h2-4,23H,5H2,1H3. The minimum atomic E-state index is -4.95. The molecule has 0 radical (unpaired) electrons. The summed E-state index contributed by atoms with van der Waals surface area (Å²) in [4.78, 5) is 24.5. The second kappa shape index (κ2) is 5.99. The van der Waals surface area contributed by atoms with Gasteiger partial charge in [0.05, 0.1) is 5.02 Å². The fraction of sp³-hybridized carbons (Fsp3) is 0.200. The minimum absolute atomic E-state index is 0.0365. The van der Waals surface area contributed by atoms with Crippen molar-refractivity contribution < 1.29 is 27.1 Å². The van der Waals surface area contributed by atoms with Crippen molar-refractivity contribution in [3.8, 4) is 5.69 Å². The van der Waals surface area contributed by atoms with Crippen LogP contribution in [0.4, 0.5) is 17.6 Å². The third kappa shape index (κ3) is 2.71. The third-order valence-corrected chi connectivity index (χ3v) is 4.04. The van der Waals surface area contributed by atoms with Crippen molar-refractivity contribution in [2.24, 2.45) is 7.05 Å². The molecule has 0 aliphatic carbocycles. The zero-order chi connectivity index (χ0) is 19.4. The molecule has 0 aliphatic heterocycles. The number of aliphatic hydroxyl groups is 1. The number of aliphatic hydroxyl groups excluding tert-OH is 1. The summed E-state index contributed by atoms with van der Waals surface area (Å²) < 4.78 is 58.9. The van der Waals surface area contributed by atoms with E-state index < -0.39 is 41.2 Å². The first kappa shape index (κ1) is 18.2. The van der Waals surface area contributed by atoms with Crippen LogP contribution < -0.4 is 11.2 Å². The van der Waals surface area contributed by atoms with Crippen LogP contribution in [-0.4, -0.2) is 14.2 Å². The van der Waals surface area contributed by atoms with Crippen LogP contribution in [-0.2, 0) is 19.8 Å². The minimum Gasteiger partial charge on any atom is -0.456 e. The first-order valence-electron chi connectivity index (χ1n) is 6.98. The largest absolute Gasteiger partial charge is 0.456 e. The van der Waals surface area contributed by atoms with Gasteiger partial charge in [-0.25, -0.2) is 13.8 Å². The summed E-state index contributed by atoms with van der Waals surface area (Å²) in [5.41, 5.74) is -5.34. The highest BCUT2D eigenvalue weighted by atomic mass is 35.5. The quantitative estimate of drug-likeness (QED) is 0.680. The summed E-state index contributed by atoms with van der Waals surface area (Å²) in [6.07, 6.45) is -4.95. The molecule has 6 nitrogen and oxygen atoms in total. The number of hydrogen-bond acceptors (Lipinski definition) is 4. The first-order chi connectivity index (χ1) is 12.1. The topological polar surface area (TPSA) is 77.4 Å². The molecule has 0 atom stereocenters. The Morgan fingerprint density at radius 2 is 1.88 bits per heavy atom. The Bertz CT molecular complexity index is 1140. The van der Waals surface area contributed by atoms with Gasteiger partial charge in [0.25, 0.3) is 5.56 Å². The number of alkyl halides is 3. The molecular formula is C15H9ClF4N2O4. The first-order valence-corrected chi connectivity index (χ1v) is 7.36. The van der Waals surface area contributed by atoms with E-state index in [1.54, 1.807) is 0 Å².